The van der Waals surface area contributed by atoms with Crippen molar-refractivity contribution in [1.82, 2.24) is 19.5 Å². The third-order valence-electron chi connectivity index (χ3n) is 2.69. The zero-order chi connectivity index (χ0) is 13.3. The molecule has 0 bridgehead atoms. The Morgan fingerprint density at radius 3 is 3.06 bits per heavy atom. The Balaban J connectivity index is 2.27. The van der Waals surface area contributed by atoms with Crippen molar-refractivity contribution in [2.45, 2.75) is 32.2 Å². The van der Waals surface area contributed by atoms with Crippen molar-refractivity contribution in [3.8, 4) is 0 Å². The lowest BCUT2D eigenvalue weighted by molar-refractivity contribution is 0.0770. The summed E-state index contributed by atoms with van der Waals surface area (Å²) in [5.74, 6) is -0.00587. The number of imidazole rings is 1. The Morgan fingerprint density at radius 1 is 1.67 bits per heavy atom. The van der Waals surface area contributed by atoms with Gasteiger partial charge in [-0.05, 0) is 13.3 Å². The fourth-order valence-corrected chi connectivity index (χ4v) is 1.64. The molecule has 0 spiro atoms. The van der Waals surface area contributed by atoms with E-state index < -0.39 is 17.8 Å². The predicted octanol–water partition coefficient (Wildman–Crippen LogP) is -0.189. The number of nitrogen functional groups attached to an aromatic ring is 1. The molecule has 2 aromatic heterocycles. The van der Waals surface area contributed by atoms with E-state index >= 15 is 0 Å². The van der Waals surface area contributed by atoms with E-state index in [1.54, 1.807) is 4.57 Å². The maximum absolute atomic E-state index is 12.8. The molecule has 0 saturated heterocycles. The van der Waals surface area contributed by atoms with E-state index in [4.69, 9.17) is 5.73 Å². The van der Waals surface area contributed by atoms with Crippen LogP contribution in [-0.2, 0) is 6.54 Å². The average molecular weight is 255 g/mol. The highest BCUT2D eigenvalue weighted by Crippen LogP contribution is 2.10. The molecule has 2 atom stereocenters. The number of alkyl halides is 1. The SMILES string of the molecule is CC(F)C(O)CCn1cnc2c(=O)[nH]c(N)nc21. The molecule has 2 heterocycles. The van der Waals surface area contributed by atoms with Crippen LogP contribution in [0, 0.1) is 0 Å². The van der Waals surface area contributed by atoms with Gasteiger partial charge in [-0.25, -0.2) is 9.37 Å². The van der Waals surface area contributed by atoms with Crippen molar-refractivity contribution in [3.63, 3.8) is 0 Å². The molecular formula is C10H14FN5O2. The number of halogens is 1. The van der Waals surface area contributed by atoms with Crippen molar-refractivity contribution in [2.75, 3.05) is 5.73 Å². The number of nitrogens with one attached hydrogen (secondary N) is 1. The lowest BCUT2D eigenvalue weighted by Gasteiger charge is -2.11. The summed E-state index contributed by atoms with van der Waals surface area (Å²) in [5, 5.41) is 9.38. The first kappa shape index (κ1) is 12.5. The number of rotatable bonds is 4. The fourth-order valence-electron chi connectivity index (χ4n) is 1.64. The normalized spacial score (nSPS) is 14.8. The summed E-state index contributed by atoms with van der Waals surface area (Å²) >= 11 is 0. The number of H-pyrrole nitrogens is 1. The van der Waals surface area contributed by atoms with E-state index in [0.29, 0.717) is 12.2 Å². The molecule has 0 aliphatic heterocycles. The highest BCUT2D eigenvalue weighted by molar-refractivity contribution is 5.70. The van der Waals surface area contributed by atoms with Crippen molar-refractivity contribution in [1.29, 1.82) is 0 Å². The van der Waals surface area contributed by atoms with Crippen LogP contribution in [0.1, 0.15) is 13.3 Å². The molecule has 0 aliphatic carbocycles. The van der Waals surface area contributed by atoms with Gasteiger partial charge in [0, 0.05) is 6.54 Å². The molecule has 2 rings (SSSR count). The third-order valence-corrected chi connectivity index (χ3v) is 2.69. The van der Waals surface area contributed by atoms with Gasteiger partial charge in [0.25, 0.3) is 5.56 Å². The summed E-state index contributed by atoms with van der Waals surface area (Å²) in [7, 11) is 0. The maximum atomic E-state index is 12.8. The topological polar surface area (TPSA) is 110 Å². The summed E-state index contributed by atoms with van der Waals surface area (Å²) < 4.78 is 14.4. The van der Waals surface area contributed by atoms with Crippen LogP contribution >= 0.6 is 0 Å². The first-order valence-electron chi connectivity index (χ1n) is 5.52. The molecule has 4 N–H and O–H groups in total. The van der Waals surface area contributed by atoms with Gasteiger partial charge in [0.05, 0.1) is 12.4 Å². The number of nitrogens with two attached hydrogens (primary N) is 1. The van der Waals surface area contributed by atoms with Crippen LogP contribution in [0.3, 0.4) is 0 Å². The number of hydrogen-bond acceptors (Lipinski definition) is 5. The van der Waals surface area contributed by atoms with Crippen molar-refractivity contribution in [2.24, 2.45) is 0 Å². The molecule has 8 heteroatoms. The number of anilines is 1. The minimum atomic E-state index is -1.30. The monoisotopic (exact) mass is 255 g/mol. The molecule has 98 valence electrons. The largest absolute Gasteiger partial charge is 0.390 e. The second-order valence-electron chi connectivity index (χ2n) is 4.09. The molecule has 18 heavy (non-hydrogen) atoms. The minimum Gasteiger partial charge on any atom is -0.390 e. The number of aliphatic hydroxyl groups is 1. The second-order valence-corrected chi connectivity index (χ2v) is 4.09. The molecule has 0 aromatic carbocycles. The van der Waals surface area contributed by atoms with Gasteiger partial charge < -0.3 is 15.4 Å². The number of aliphatic hydroxyl groups excluding tert-OH is 1. The lowest BCUT2D eigenvalue weighted by atomic mass is 10.2. The van der Waals surface area contributed by atoms with Crippen LogP contribution in [0.25, 0.3) is 11.2 Å². The van der Waals surface area contributed by atoms with E-state index in [2.05, 4.69) is 15.0 Å². The molecule has 2 unspecified atom stereocenters. The zero-order valence-corrected chi connectivity index (χ0v) is 9.80. The summed E-state index contributed by atoms with van der Waals surface area (Å²) in [6.07, 6.45) is -0.734. The van der Waals surface area contributed by atoms with Gasteiger partial charge in [-0.3, -0.25) is 9.78 Å². The van der Waals surface area contributed by atoms with Crippen LogP contribution in [-0.4, -0.2) is 36.9 Å². The van der Waals surface area contributed by atoms with Gasteiger partial charge in [-0.1, -0.05) is 0 Å². The van der Waals surface area contributed by atoms with Gasteiger partial charge in [-0.2, -0.15) is 4.98 Å². The first-order valence-corrected chi connectivity index (χ1v) is 5.52. The number of aryl methyl sites for hydroxylation is 1. The number of hydrogen-bond donors (Lipinski definition) is 3. The molecule has 0 fully saturated rings. The maximum Gasteiger partial charge on any atom is 0.280 e. The average Bonchev–Trinajstić information content (AvgIpc) is 2.69. The van der Waals surface area contributed by atoms with E-state index in [1.807, 2.05) is 0 Å². The molecule has 0 saturated carbocycles. The Kier molecular flexibility index (Phi) is 3.28. The minimum absolute atomic E-state index is 0.00587. The highest BCUT2D eigenvalue weighted by Gasteiger charge is 2.14. The number of fused-ring (bicyclic) bond motifs is 1. The van der Waals surface area contributed by atoms with Gasteiger partial charge in [0.1, 0.15) is 6.17 Å². The van der Waals surface area contributed by atoms with E-state index in [9.17, 15) is 14.3 Å². The molecule has 0 radical (unpaired) electrons. The Labute approximate surface area is 101 Å². The van der Waals surface area contributed by atoms with Gasteiger partial charge in [0.2, 0.25) is 5.95 Å². The summed E-state index contributed by atoms with van der Waals surface area (Å²) in [6, 6.07) is 0. The Bertz CT molecular complexity index is 606. The third kappa shape index (κ3) is 2.33. The Morgan fingerprint density at radius 2 is 2.39 bits per heavy atom. The van der Waals surface area contributed by atoms with Crippen molar-refractivity contribution < 1.29 is 9.50 Å². The van der Waals surface area contributed by atoms with E-state index in [-0.39, 0.29) is 17.9 Å². The first-order chi connectivity index (χ1) is 8.49. The standard InChI is InChI=1S/C10H14FN5O2/c1-5(11)6(17)2-3-16-4-13-7-8(16)14-10(12)15-9(7)18/h4-6,17H,2-3H2,1H3,(H3,12,14,15,18). The van der Waals surface area contributed by atoms with Crippen LogP contribution in [0.4, 0.5) is 10.3 Å². The number of nitrogens with zero attached hydrogens (tertiary/aromatic N) is 3. The summed E-state index contributed by atoms with van der Waals surface area (Å²) in [4.78, 5) is 21.7. The summed E-state index contributed by atoms with van der Waals surface area (Å²) in [5.41, 5.74) is 5.52. The zero-order valence-electron chi connectivity index (χ0n) is 9.80. The quantitative estimate of drug-likeness (QED) is 0.701. The molecular weight excluding hydrogens is 241 g/mol. The van der Waals surface area contributed by atoms with Gasteiger partial charge in [0.15, 0.2) is 11.2 Å². The highest BCUT2D eigenvalue weighted by atomic mass is 19.1. The Hall–Kier alpha value is -1.96. The van der Waals surface area contributed by atoms with E-state index in [1.165, 1.54) is 13.3 Å². The smallest absolute Gasteiger partial charge is 0.280 e. The van der Waals surface area contributed by atoms with E-state index in [0.717, 1.165) is 0 Å². The number of aromatic nitrogens is 4. The van der Waals surface area contributed by atoms with Crippen LogP contribution in [0.15, 0.2) is 11.1 Å². The van der Waals surface area contributed by atoms with Crippen LogP contribution in [0.5, 0.6) is 0 Å². The second kappa shape index (κ2) is 4.73. The molecule has 2 aromatic rings. The van der Waals surface area contributed by atoms with Crippen LogP contribution in [0.2, 0.25) is 0 Å². The molecule has 0 amide bonds. The van der Waals surface area contributed by atoms with Gasteiger partial charge in [-0.15, -0.1) is 0 Å². The van der Waals surface area contributed by atoms with Crippen molar-refractivity contribution in [3.05, 3.63) is 16.7 Å². The fraction of sp³-hybridized carbons (Fsp3) is 0.500. The number of aromatic amines is 1. The van der Waals surface area contributed by atoms with Crippen molar-refractivity contribution >= 4 is 17.1 Å². The van der Waals surface area contributed by atoms with Gasteiger partial charge >= 0.3 is 0 Å². The predicted molar refractivity (Wildman–Crippen MR) is 63.8 cm³/mol. The summed E-state index contributed by atoms with van der Waals surface area (Å²) in [6.45, 7) is 1.60. The molecule has 0 aliphatic rings. The lowest BCUT2D eigenvalue weighted by Crippen LogP contribution is -2.20. The molecule has 7 nitrogen and oxygen atoms in total. The van der Waals surface area contributed by atoms with Crippen LogP contribution < -0.4 is 11.3 Å².